The number of aryl methyl sites for hydroxylation is 1. The van der Waals surface area contributed by atoms with Gasteiger partial charge in [0, 0.05) is 43.2 Å². The number of nitrogens with zero attached hydrogens (tertiary/aromatic N) is 5. The first kappa shape index (κ1) is 16.2. The molecule has 1 aliphatic carbocycles. The smallest absolute Gasteiger partial charge is 0.255 e. The summed E-state index contributed by atoms with van der Waals surface area (Å²) in [4.78, 5) is 23.3. The van der Waals surface area contributed by atoms with E-state index in [1.54, 1.807) is 18.7 Å². The number of aromatic nitrogens is 4. The van der Waals surface area contributed by atoms with Crippen LogP contribution < -0.4 is 0 Å². The number of carbonyl (C=O) groups excluding carboxylic acids is 1. The van der Waals surface area contributed by atoms with Crippen molar-refractivity contribution < 1.29 is 9.21 Å². The molecule has 0 saturated heterocycles. The quantitative estimate of drug-likeness (QED) is 0.712. The molecule has 3 aromatic heterocycles. The largest absolute Gasteiger partial charge is 0.451 e. The lowest BCUT2D eigenvalue weighted by Gasteiger charge is -2.28. The van der Waals surface area contributed by atoms with Crippen molar-refractivity contribution in [3.63, 3.8) is 0 Å². The minimum Gasteiger partial charge on any atom is -0.451 e. The summed E-state index contributed by atoms with van der Waals surface area (Å²) in [6.45, 7) is 4.13. The first-order chi connectivity index (χ1) is 13.2. The molecule has 0 atom stereocenters. The highest BCUT2D eigenvalue weighted by Gasteiger charge is 2.31. The number of hydrogen-bond acceptors (Lipinski definition) is 5. The molecule has 0 radical (unpaired) electrons. The zero-order valence-electron chi connectivity index (χ0n) is 15.3. The van der Waals surface area contributed by atoms with Gasteiger partial charge in [-0.1, -0.05) is 0 Å². The summed E-state index contributed by atoms with van der Waals surface area (Å²) in [7, 11) is 0. The van der Waals surface area contributed by atoms with Crippen LogP contribution in [0.1, 0.15) is 40.0 Å². The molecule has 0 aromatic carbocycles. The van der Waals surface area contributed by atoms with Crippen molar-refractivity contribution >= 4 is 5.91 Å². The Hall–Kier alpha value is -2.96. The summed E-state index contributed by atoms with van der Waals surface area (Å²) in [5, 5.41) is 4.84. The average Bonchev–Trinajstić information content (AvgIpc) is 3.19. The monoisotopic (exact) mass is 363 g/mol. The SMILES string of the molecule is Cc1cncc(C(=O)N2CCc3c(c(-c4cocn4)nn3CC3CC3)C2)c1. The lowest BCUT2D eigenvalue weighted by Crippen LogP contribution is -2.36. The summed E-state index contributed by atoms with van der Waals surface area (Å²) < 4.78 is 7.30. The van der Waals surface area contributed by atoms with Gasteiger partial charge in [0.15, 0.2) is 6.39 Å². The lowest BCUT2D eigenvalue weighted by atomic mass is 10.0. The summed E-state index contributed by atoms with van der Waals surface area (Å²) in [5.41, 5.74) is 5.49. The van der Waals surface area contributed by atoms with Crippen molar-refractivity contribution in [2.75, 3.05) is 6.54 Å². The van der Waals surface area contributed by atoms with Crippen LogP contribution in [0, 0.1) is 12.8 Å². The number of hydrogen-bond donors (Lipinski definition) is 0. The topological polar surface area (TPSA) is 77.1 Å². The number of carbonyl (C=O) groups is 1. The van der Waals surface area contributed by atoms with Gasteiger partial charge in [-0.3, -0.25) is 14.5 Å². The molecule has 0 N–H and O–H groups in total. The van der Waals surface area contributed by atoms with Crippen LogP contribution >= 0.6 is 0 Å². The van der Waals surface area contributed by atoms with Gasteiger partial charge in [-0.15, -0.1) is 0 Å². The van der Waals surface area contributed by atoms with Gasteiger partial charge in [0.25, 0.3) is 5.91 Å². The maximum atomic E-state index is 13.0. The lowest BCUT2D eigenvalue weighted by molar-refractivity contribution is 0.0733. The van der Waals surface area contributed by atoms with Gasteiger partial charge in [-0.2, -0.15) is 5.10 Å². The van der Waals surface area contributed by atoms with Gasteiger partial charge in [0.1, 0.15) is 17.7 Å². The predicted molar refractivity (Wildman–Crippen MR) is 97.9 cm³/mol. The van der Waals surface area contributed by atoms with Gasteiger partial charge in [0.05, 0.1) is 12.1 Å². The van der Waals surface area contributed by atoms with Crippen LogP contribution in [0.25, 0.3) is 11.4 Å². The second-order valence-electron chi connectivity index (χ2n) is 7.50. The highest BCUT2D eigenvalue weighted by Crippen LogP contribution is 2.34. The zero-order valence-corrected chi connectivity index (χ0v) is 15.3. The summed E-state index contributed by atoms with van der Waals surface area (Å²) in [6.07, 6.45) is 9.80. The summed E-state index contributed by atoms with van der Waals surface area (Å²) >= 11 is 0. The van der Waals surface area contributed by atoms with Crippen molar-refractivity contribution in [1.82, 2.24) is 24.6 Å². The van der Waals surface area contributed by atoms with Gasteiger partial charge in [-0.25, -0.2) is 4.98 Å². The van der Waals surface area contributed by atoms with Crippen LogP contribution in [0.4, 0.5) is 0 Å². The van der Waals surface area contributed by atoms with Crippen LogP contribution in [0.5, 0.6) is 0 Å². The Bertz CT molecular complexity index is 988. The van der Waals surface area contributed by atoms with Crippen LogP contribution in [0.3, 0.4) is 0 Å². The highest BCUT2D eigenvalue weighted by molar-refractivity contribution is 5.94. The van der Waals surface area contributed by atoms with Gasteiger partial charge in [0.2, 0.25) is 0 Å². The second kappa shape index (κ2) is 6.33. The maximum absolute atomic E-state index is 13.0. The van der Waals surface area contributed by atoms with E-state index >= 15 is 0 Å². The fourth-order valence-electron chi connectivity index (χ4n) is 3.75. The Morgan fingerprint density at radius 2 is 2.22 bits per heavy atom. The molecule has 1 fully saturated rings. The number of pyridine rings is 1. The van der Waals surface area contributed by atoms with Crippen LogP contribution in [0.15, 0.2) is 35.5 Å². The third kappa shape index (κ3) is 3.03. The Morgan fingerprint density at radius 3 is 2.96 bits per heavy atom. The van der Waals surface area contributed by atoms with Crippen molar-refractivity contribution in [2.24, 2.45) is 5.92 Å². The number of rotatable bonds is 4. The van der Waals surface area contributed by atoms with Crippen LogP contribution in [0.2, 0.25) is 0 Å². The zero-order chi connectivity index (χ0) is 18.4. The van der Waals surface area contributed by atoms with E-state index in [-0.39, 0.29) is 5.91 Å². The second-order valence-corrected chi connectivity index (χ2v) is 7.50. The number of fused-ring (bicyclic) bond motifs is 1. The molecule has 7 nitrogen and oxygen atoms in total. The molecule has 0 spiro atoms. The van der Waals surface area contributed by atoms with E-state index in [0.29, 0.717) is 18.7 Å². The first-order valence-corrected chi connectivity index (χ1v) is 9.37. The van der Waals surface area contributed by atoms with E-state index < -0.39 is 0 Å². The molecule has 3 aromatic rings. The van der Waals surface area contributed by atoms with Crippen molar-refractivity contribution in [1.29, 1.82) is 0 Å². The molecular formula is C20H21N5O2. The third-order valence-corrected chi connectivity index (χ3v) is 5.35. The van der Waals surface area contributed by atoms with E-state index in [0.717, 1.165) is 41.4 Å². The van der Waals surface area contributed by atoms with Crippen LogP contribution in [-0.4, -0.2) is 37.1 Å². The standard InChI is InChI=1S/C20H21N5O2/c1-13-6-15(8-21-7-13)20(26)24-5-4-18-16(10-24)19(17-11-27-12-22-17)23-25(18)9-14-2-3-14/h6-8,11-12,14H,2-5,9-10H2,1H3. The van der Waals surface area contributed by atoms with Crippen molar-refractivity contribution in [3.8, 4) is 11.4 Å². The predicted octanol–water partition coefficient (Wildman–Crippen LogP) is 2.85. The van der Waals surface area contributed by atoms with E-state index in [9.17, 15) is 4.79 Å². The Kier molecular flexibility index (Phi) is 3.81. The molecule has 5 rings (SSSR count). The van der Waals surface area contributed by atoms with Gasteiger partial charge < -0.3 is 9.32 Å². The van der Waals surface area contributed by atoms with E-state index in [1.165, 1.54) is 24.9 Å². The number of oxazole rings is 1. The molecule has 1 saturated carbocycles. The van der Waals surface area contributed by atoms with Gasteiger partial charge in [-0.05, 0) is 37.3 Å². The van der Waals surface area contributed by atoms with E-state index in [4.69, 9.17) is 9.52 Å². The molecule has 1 amide bonds. The normalized spacial score (nSPS) is 16.4. The van der Waals surface area contributed by atoms with Crippen molar-refractivity contribution in [3.05, 3.63) is 53.5 Å². The molecule has 27 heavy (non-hydrogen) atoms. The van der Waals surface area contributed by atoms with Crippen LogP contribution in [-0.2, 0) is 19.5 Å². The fraction of sp³-hybridized carbons (Fsp3) is 0.400. The summed E-state index contributed by atoms with van der Waals surface area (Å²) in [6, 6.07) is 1.89. The Morgan fingerprint density at radius 1 is 1.33 bits per heavy atom. The molecule has 7 heteroatoms. The average molecular weight is 363 g/mol. The molecule has 4 heterocycles. The molecule has 0 bridgehead atoms. The third-order valence-electron chi connectivity index (χ3n) is 5.35. The van der Waals surface area contributed by atoms with E-state index in [1.807, 2.05) is 17.9 Å². The molecular weight excluding hydrogens is 342 g/mol. The Balaban J connectivity index is 1.48. The van der Waals surface area contributed by atoms with Gasteiger partial charge >= 0.3 is 0 Å². The molecule has 138 valence electrons. The van der Waals surface area contributed by atoms with Crippen molar-refractivity contribution in [2.45, 2.75) is 39.3 Å². The van der Waals surface area contributed by atoms with E-state index in [2.05, 4.69) is 14.6 Å². The minimum atomic E-state index is 0.0119. The molecule has 0 unspecified atom stereocenters. The summed E-state index contributed by atoms with van der Waals surface area (Å²) in [5.74, 6) is 0.745. The minimum absolute atomic E-state index is 0.0119. The number of amides is 1. The Labute approximate surface area is 157 Å². The first-order valence-electron chi connectivity index (χ1n) is 9.37. The molecule has 1 aliphatic heterocycles. The maximum Gasteiger partial charge on any atom is 0.255 e. The highest BCUT2D eigenvalue weighted by atomic mass is 16.3. The fourth-order valence-corrected chi connectivity index (χ4v) is 3.75. The molecule has 2 aliphatic rings.